The first-order chi connectivity index (χ1) is 9.98. The summed E-state index contributed by atoms with van der Waals surface area (Å²) in [7, 11) is 0. The molecule has 114 valence electrons. The number of nitrogens with zero attached hydrogens (tertiary/aromatic N) is 3. The van der Waals surface area contributed by atoms with Gasteiger partial charge in [0.25, 0.3) is 0 Å². The predicted molar refractivity (Wildman–Crippen MR) is 83.3 cm³/mol. The fourth-order valence-electron chi connectivity index (χ4n) is 1.96. The maximum Gasteiger partial charge on any atom is 0.124 e. The summed E-state index contributed by atoms with van der Waals surface area (Å²) in [5.74, 6) is 0.907. The van der Waals surface area contributed by atoms with Crippen LogP contribution in [-0.4, -0.2) is 27.1 Å². The van der Waals surface area contributed by atoms with Crippen LogP contribution in [0.25, 0.3) is 0 Å². The average molecular weight is 288 g/mol. The van der Waals surface area contributed by atoms with Crippen LogP contribution in [-0.2, 0) is 13.1 Å². The summed E-state index contributed by atoms with van der Waals surface area (Å²) in [6, 6.07) is 8.03. The second kappa shape index (κ2) is 6.72. The molecule has 0 radical (unpaired) electrons. The van der Waals surface area contributed by atoms with Crippen molar-refractivity contribution in [3.8, 4) is 5.75 Å². The summed E-state index contributed by atoms with van der Waals surface area (Å²) in [5, 5.41) is 11.8. The van der Waals surface area contributed by atoms with Gasteiger partial charge >= 0.3 is 0 Å². The Morgan fingerprint density at radius 2 is 2.00 bits per heavy atom. The van der Waals surface area contributed by atoms with Gasteiger partial charge in [0.05, 0.1) is 25.0 Å². The zero-order chi connectivity index (χ0) is 15.3. The number of hydrogen-bond donors (Lipinski definition) is 1. The Labute approximate surface area is 126 Å². The molecule has 0 atom stereocenters. The van der Waals surface area contributed by atoms with Gasteiger partial charge in [-0.2, -0.15) is 0 Å². The van der Waals surface area contributed by atoms with E-state index in [1.807, 2.05) is 36.0 Å². The van der Waals surface area contributed by atoms with Crippen molar-refractivity contribution in [3.63, 3.8) is 0 Å². The second-order valence-electron chi connectivity index (χ2n) is 6.05. The standard InChI is InChI=1S/C16H24N4O/c1-5-21-15-9-7-6-8-13(15)11-20-12-14(18-19-20)10-17-16(2,3)4/h6-9,12,17H,5,10-11H2,1-4H3. The van der Waals surface area contributed by atoms with E-state index in [9.17, 15) is 0 Å². The lowest BCUT2D eigenvalue weighted by atomic mass is 10.1. The quantitative estimate of drug-likeness (QED) is 0.887. The average Bonchev–Trinajstić information content (AvgIpc) is 2.86. The Kier molecular flexibility index (Phi) is 4.96. The SMILES string of the molecule is CCOc1ccccc1Cn1cc(CNC(C)(C)C)nn1. The van der Waals surface area contributed by atoms with Crippen molar-refractivity contribution in [1.82, 2.24) is 20.3 Å². The normalized spacial score (nSPS) is 11.6. The molecule has 1 heterocycles. The third kappa shape index (κ3) is 4.86. The highest BCUT2D eigenvalue weighted by Gasteiger charge is 2.10. The Bertz CT molecular complexity index is 572. The number of hydrogen-bond acceptors (Lipinski definition) is 4. The molecule has 0 unspecified atom stereocenters. The first kappa shape index (κ1) is 15.5. The van der Waals surface area contributed by atoms with Gasteiger partial charge in [-0.25, -0.2) is 4.68 Å². The van der Waals surface area contributed by atoms with Crippen LogP contribution in [0.5, 0.6) is 5.75 Å². The largest absolute Gasteiger partial charge is 0.494 e. The number of rotatable bonds is 6. The lowest BCUT2D eigenvalue weighted by Gasteiger charge is -2.19. The van der Waals surface area contributed by atoms with E-state index in [-0.39, 0.29) is 5.54 Å². The molecule has 0 aliphatic carbocycles. The van der Waals surface area contributed by atoms with Crippen LogP contribution >= 0.6 is 0 Å². The number of nitrogens with one attached hydrogen (secondary N) is 1. The Morgan fingerprint density at radius 1 is 1.24 bits per heavy atom. The molecule has 0 saturated carbocycles. The highest BCUT2D eigenvalue weighted by molar-refractivity contribution is 5.33. The molecule has 5 heteroatoms. The van der Waals surface area contributed by atoms with Crippen molar-refractivity contribution in [2.75, 3.05) is 6.61 Å². The van der Waals surface area contributed by atoms with Crippen molar-refractivity contribution in [3.05, 3.63) is 41.7 Å². The van der Waals surface area contributed by atoms with Gasteiger partial charge in [-0.3, -0.25) is 0 Å². The summed E-state index contributed by atoms with van der Waals surface area (Å²) in [5.41, 5.74) is 2.13. The number of para-hydroxylation sites is 1. The van der Waals surface area contributed by atoms with Gasteiger partial charge in [0.15, 0.2) is 0 Å². The number of benzene rings is 1. The van der Waals surface area contributed by atoms with E-state index in [1.165, 1.54) is 0 Å². The lowest BCUT2D eigenvalue weighted by molar-refractivity contribution is 0.335. The molecular formula is C16H24N4O. The second-order valence-corrected chi connectivity index (χ2v) is 6.05. The van der Waals surface area contributed by atoms with Gasteiger partial charge in [-0.05, 0) is 33.8 Å². The summed E-state index contributed by atoms with van der Waals surface area (Å²) in [4.78, 5) is 0. The third-order valence-electron chi connectivity index (χ3n) is 2.99. The molecule has 0 aliphatic rings. The molecule has 2 aromatic rings. The zero-order valence-electron chi connectivity index (χ0n) is 13.3. The first-order valence-corrected chi connectivity index (χ1v) is 7.32. The molecule has 0 aliphatic heterocycles. The van der Waals surface area contributed by atoms with Crippen molar-refractivity contribution < 1.29 is 4.74 Å². The van der Waals surface area contributed by atoms with Crippen molar-refractivity contribution in [1.29, 1.82) is 0 Å². The molecular weight excluding hydrogens is 264 g/mol. The summed E-state index contributed by atoms with van der Waals surface area (Å²) in [6.45, 7) is 10.4. The molecule has 2 rings (SSSR count). The Hall–Kier alpha value is -1.88. The minimum Gasteiger partial charge on any atom is -0.494 e. The highest BCUT2D eigenvalue weighted by Crippen LogP contribution is 2.18. The molecule has 0 fully saturated rings. The minimum atomic E-state index is 0.0747. The van der Waals surface area contributed by atoms with Crippen molar-refractivity contribution in [2.45, 2.75) is 46.3 Å². The van der Waals surface area contributed by atoms with E-state index >= 15 is 0 Å². The molecule has 1 N–H and O–H groups in total. The van der Waals surface area contributed by atoms with E-state index < -0.39 is 0 Å². The maximum absolute atomic E-state index is 5.63. The van der Waals surface area contributed by atoms with Gasteiger partial charge < -0.3 is 10.1 Å². The zero-order valence-corrected chi connectivity index (χ0v) is 13.3. The third-order valence-corrected chi connectivity index (χ3v) is 2.99. The number of ether oxygens (including phenoxy) is 1. The van der Waals surface area contributed by atoms with E-state index in [0.29, 0.717) is 13.2 Å². The lowest BCUT2D eigenvalue weighted by Crippen LogP contribution is -2.35. The van der Waals surface area contributed by atoms with Crippen molar-refractivity contribution >= 4 is 0 Å². The van der Waals surface area contributed by atoms with Crippen LogP contribution < -0.4 is 10.1 Å². The van der Waals surface area contributed by atoms with Gasteiger partial charge in [0.2, 0.25) is 0 Å². The molecule has 0 bridgehead atoms. The molecule has 1 aromatic heterocycles. The smallest absolute Gasteiger partial charge is 0.124 e. The van der Waals surface area contributed by atoms with Gasteiger partial charge in [-0.1, -0.05) is 23.4 Å². The molecule has 0 amide bonds. The first-order valence-electron chi connectivity index (χ1n) is 7.32. The van der Waals surface area contributed by atoms with Crippen LogP contribution in [0.4, 0.5) is 0 Å². The van der Waals surface area contributed by atoms with Crippen LogP contribution in [0.1, 0.15) is 39.0 Å². The summed E-state index contributed by atoms with van der Waals surface area (Å²) >= 11 is 0. The van der Waals surface area contributed by atoms with E-state index in [1.54, 1.807) is 0 Å². The van der Waals surface area contributed by atoms with Crippen molar-refractivity contribution in [2.24, 2.45) is 0 Å². The molecule has 5 nitrogen and oxygen atoms in total. The fourth-order valence-corrected chi connectivity index (χ4v) is 1.96. The summed E-state index contributed by atoms with van der Waals surface area (Å²) in [6.07, 6.45) is 1.97. The Balaban J connectivity index is 2.02. The molecule has 21 heavy (non-hydrogen) atoms. The molecule has 0 spiro atoms. The topological polar surface area (TPSA) is 52.0 Å². The Morgan fingerprint density at radius 3 is 2.71 bits per heavy atom. The summed E-state index contributed by atoms with van der Waals surface area (Å²) < 4.78 is 7.48. The number of aromatic nitrogens is 3. The van der Waals surface area contributed by atoms with Crippen LogP contribution in [0, 0.1) is 0 Å². The monoisotopic (exact) mass is 288 g/mol. The highest BCUT2D eigenvalue weighted by atomic mass is 16.5. The maximum atomic E-state index is 5.63. The van der Waals surface area contributed by atoms with Crippen LogP contribution in [0.3, 0.4) is 0 Å². The van der Waals surface area contributed by atoms with Crippen LogP contribution in [0.2, 0.25) is 0 Å². The van der Waals surface area contributed by atoms with Gasteiger partial charge in [-0.15, -0.1) is 5.10 Å². The fraction of sp³-hybridized carbons (Fsp3) is 0.500. The van der Waals surface area contributed by atoms with Gasteiger partial charge in [0.1, 0.15) is 5.75 Å². The minimum absolute atomic E-state index is 0.0747. The van der Waals surface area contributed by atoms with Crippen LogP contribution in [0.15, 0.2) is 30.5 Å². The molecule has 0 saturated heterocycles. The van der Waals surface area contributed by atoms with E-state index in [2.05, 4.69) is 42.5 Å². The van der Waals surface area contributed by atoms with Gasteiger partial charge in [0, 0.05) is 17.6 Å². The van der Waals surface area contributed by atoms with E-state index in [0.717, 1.165) is 23.6 Å². The predicted octanol–water partition coefficient (Wildman–Crippen LogP) is 2.61. The molecule has 1 aromatic carbocycles. The van der Waals surface area contributed by atoms with E-state index in [4.69, 9.17) is 4.74 Å².